The zero-order valence-electron chi connectivity index (χ0n) is 14.0. The lowest BCUT2D eigenvalue weighted by Gasteiger charge is -2.08. The summed E-state index contributed by atoms with van der Waals surface area (Å²) in [5.74, 6) is 2.05. The van der Waals surface area contributed by atoms with Gasteiger partial charge in [-0.05, 0) is 29.8 Å². The van der Waals surface area contributed by atoms with Crippen LogP contribution in [0.3, 0.4) is 0 Å². The Labute approximate surface area is 144 Å². The number of nitrogens with zero attached hydrogens (tertiary/aromatic N) is 1. The lowest BCUT2D eigenvalue weighted by atomic mass is 10.2. The number of carbonyl (C=O) groups excluding carboxylic acids is 1. The maximum atomic E-state index is 12.6. The van der Waals surface area contributed by atoms with Crippen molar-refractivity contribution in [2.75, 3.05) is 13.9 Å². The van der Waals surface area contributed by atoms with Gasteiger partial charge in [0.25, 0.3) is 5.91 Å². The van der Waals surface area contributed by atoms with Gasteiger partial charge in [-0.25, -0.2) is 0 Å². The molecule has 0 saturated carbocycles. The van der Waals surface area contributed by atoms with E-state index < -0.39 is 0 Å². The molecule has 0 unspecified atom stereocenters. The third kappa shape index (κ3) is 2.65. The summed E-state index contributed by atoms with van der Waals surface area (Å²) >= 11 is 0. The Bertz CT molecular complexity index is 961. The summed E-state index contributed by atoms with van der Waals surface area (Å²) in [5, 5.41) is 3.92. The van der Waals surface area contributed by atoms with Crippen molar-refractivity contribution in [1.82, 2.24) is 9.88 Å². The van der Waals surface area contributed by atoms with Gasteiger partial charge in [0, 0.05) is 19.0 Å². The van der Waals surface area contributed by atoms with Gasteiger partial charge < -0.3 is 24.1 Å². The molecule has 0 atom stereocenters. The second kappa shape index (κ2) is 6.05. The smallest absolute Gasteiger partial charge is 0.268 e. The van der Waals surface area contributed by atoms with E-state index in [2.05, 4.69) is 5.32 Å². The van der Waals surface area contributed by atoms with Crippen LogP contribution in [0.15, 0.2) is 42.5 Å². The van der Waals surface area contributed by atoms with Crippen molar-refractivity contribution in [2.45, 2.75) is 6.54 Å². The number of hydrogen-bond acceptors (Lipinski definition) is 4. The molecule has 6 heteroatoms. The molecule has 1 aromatic heterocycles. The molecule has 1 aliphatic heterocycles. The van der Waals surface area contributed by atoms with Crippen LogP contribution in [0.1, 0.15) is 16.1 Å². The molecule has 3 aromatic rings. The number of nitrogens with one attached hydrogen (secondary N) is 1. The van der Waals surface area contributed by atoms with Crippen molar-refractivity contribution in [2.24, 2.45) is 7.05 Å². The molecule has 2 aromatic carbocycles. The average molecular weight is 338 g/mol. The number of aryl methyl sites for hydroxylation is 1. The fraction of sp³-hybridized carbons (Fsp3) is 0.211. The Hall–Kier alpha value is -3.15. The van der Waals surface area contributed by atoms with E-state index in [-0.39, 0.29) is 12.7 Å². The molecular weight excluding hydrogens is 320 g/mol. The fourth-order valence-corrected chi connectivity index (χ4v) is 3.09. The number of para-hydroxylation sites is 1. The first-order valence-electron chi connectivity index (χ1n) is 7.96. The van der Waals surface area contributed by atoms with Gasteiger partial charge in [0.1, 0.15) is 11.4 Å². The molecule has 1 amide bonds. The third-order valence-electron chi connectivity index (χ3n) is 4.36. The van der Waals surface area contributed by atoms with E-state index in [1.54, 1.807) is 7.11 Å². The zero-order chi connectivity index (χ0) is 17.4. The van der Waals surface area contributed by atoms with Crippen molar-refractivity contribution in [3.8, 4) is 17.2 Å². The van der Waals surface area contributed by atoms with E-state index in [0.29, 0.717) is 18.0 Å². The standard InChI is InChI=1S/C19H18N2O4/c1-21-14(9-13-4-3-5-16(23-2)18(13)21)19(22)20-10-12-6-7-15-17(8-12)25-11-24-15/h3-9H,10-11H2,1-2H3,(H,20,22). The Kier molecular flexibility index (Phi) is 3.72. The molecule has 128 valence electrons. The molecule has 1 N–H and O–H groups in total. The number of rotatable bonds is 4. The average Bonchev–Trinajstić information content (AvgIpc) is 3.23. The zero-order valence-corrected chi connectivity index (χ0v) is 14.0. The molecular formula is C19H18N2O4. The molecule has 4 rings (SSSR count). The van der Waals surface area contributed by atoms with E-state index in [0.717, 1.165) is 28.0 Å². The number of fused-ring (bicyclic) bond motifs is 2. The van der Waals surface area contributed by atoms with Gasteiger partial charge in [-0.3, -0.25) is 4.79 Å². The minimum absolute atomic E-state index is 0.140. The second-order valence-electron chi connectivity index (χ2n) is 5.86. The first kappa shape index (κ1) is 15.4. The number of benzene rings is 2. The van der Waals surface area contributed by atoms with Crippen LogP contribution in [-0.2, 0) is 13.6 Å². The van der Waals surface area contributed by atoms with Crippen LogP contribution in [0.4, 0.5) is 0 Å². The first-order chi connectivity index (χ1) is 12.2. The summed E-state index contributed by atoms with van der Waals surface area (Å²) in [6.07, 6.45) is 0. The summed E-state index contributed by atoms with van der Waals surface area (Å²) in [4.78, 5) is 12.6. The second-order valence-corrected chi connectivity index (χ2v) is 5.86. The Morgan fingerprint density at radius 1 is 1.20 bits per heavy atom. The molecule has 0 fully saturated rings. The minimum Gasteiger partial charge on any atom is -0.495 e. The van der Waals surface area contributed by atoms with Gasteiger partial charge in [0.15, 0.2) is 11.5 Å². The summed E-state index contributed by atoms with van der Waals surface area (Å²) < 4.78 is 17.9. The quantitative estimate of drug-likeness (QED) is 0.795. The number of carbonyl (C=O) groups is 1. The SMILES string of the molecule is COc1cccc2cc(C(=O)NCc3ccc4c(c3)OCO4)n(C)c12. The Balaban J connectivity index is 1.55. The van der Waals surface area contributed by atoms with Crippen molar-refractivity contribution in [3.05, 3.63) is 53.7 Å². The highest BCUT2D eigenvalue weighted by Crippen LogP contribution is 2.32. The highest BCUT2D eigenvalue weighted by Gasteiger charge is 2.17. The topological polar surface area (TPSA) is 61.7 Å². The number of methoxy groups -OCH3 is 1. The van der Waals surface area contributed by atoms with E-state index >= 15 is 0 Å². The van der Waals surface area contributed by atoms with Gasteiger partial charge in [-0.2, -0.15) is 0 Å². The van der Waals surface area contributed by atoms with Gasteiger partial charge in [-0.1, -0.05) is 18.2 Å². The summed E-state index contributed by atoms with van der Waals surface area (Å²) in [6.45, 7) is 0.650. The van der Waals surface area contributed by atoms with Crippen molar-refractivity contribution in [3.63, 3.8) is 0 Å². The predicted molar refractivity (Wildman–Crippen MR) is 93.2 cm³/mol. The van der Waals surface area contributed by atoms with Crippen LogP contribution in [-0.4, -0.2) is 24.4 Å². The molecule has 25 heavy (non-hydrogen) atoms. The van der Waals surface area contributed by atoms with Gasteiger partial charge in [-0.15, -0.1) is 0 Å². The van der Waals surface area contributed by atoms with Crippen LogP contribution >= 0.6 is 0 Å². The molecule has 0 bridgehead atoms. The van der Waals surface area contributed by atoms with Gasteiger partial charge in [0.2, 0.25) is 6.79 Å². The first-order valence-corrected chi connectivity index (χ1v) is 7.96. The van der Waals surface area contributed by atoms with Crippen LogP contribution < -0.4 is 19.5 Å². The van der Waals surface area contributed by atoms with Crippen LogP contribution in [0.25, 0.3) is 10.9 Å². The van der Waals surface area contributed by atoms with Crippen molar-refractivity contribution >= 4 is 16.8 Å². The summed E-state index contributed by atoms with van der Waals surface area (Å²) in [5.41, 5.74) is 2.44. The third-order valence-corrected chi connectivity index (χ3v) is 4.36. The number of ether oxygens (including phenoxy) is 3. The number of amides is 1. The normalized spacial score (nSPS) is 12.4. The maximum Gasteiger partial charge on any atom is 0.268 e. The number of hydrogen-bond donors (Lipinski definition) is 1. The van der Waals surface area contributed by atoms with Crippen LogP contribution in [0.2, 0.25) is 0 Å². The summed E-state index contributed by atoms with van der Waals surface area (Å²) in [6, 6.07) is 13.3. The van der Waals surface area contributed by atoms with Crippen LogP contribution in [0, 0.1) is 0 Å². The highest BCUT2D eigenvalue weighted by atomic mass is 16.7. The largest absolute Gasteiger partial charge is 0.495 e. The molecule has 1 aliphatic rings. The lowest BCUT2D eigenvalue weighted by Crippen LogP contribution is -2.24. The molecule has 6 nitrogen and oxygen atoms in total. The Morgan fingerprint density at radius 3 is 2.88 bits per heavy atom. The lowest BCUT2D eigenvalue weighted by molar-refractivity contribution is 0.0943. The minimum atomic E-state index is -0.140. The molecule has 0 saturated heterocycles. The molecule has 0 spiro atoms. The maximum absolute atomic E-state index is 12.6. The van der Waals surface area contributed by atoms with E-state index in [9.17, 15) is 4.79 Å². The molecule has 2 heterocycles. The van der Waals surface area contributed by atoms with E-state index in [1.807, 2.05) is 54.1 Å². The van der Waals surface area contributed by atoms with Crippen LogP contribution in [0.5, 0.6) is 17.2 Å². The van der Waals surface area contributed by atoms with Crippen molar-refractivity contribution in [1.29, 1.82) is 0 Å². The molecule has 0 radical (unpaired) electrons. The monoisotopic (exact) mass is 338 g/mol. The number of aromatic nitrogens is 1. The van der Waals surface area contributed by atoms with Gasteiger partial charge in [0.05, 0.1) is 12.6 Å². The summed E-state index contributed by atoms with van der Waals surface area (Å²) in [7, 11) is 3.49. The predicted octanol–water partition coefficient (Wildman–Crippen LogP) is 2.85. The van der Waals surface area contributed by atoms with E-state index in [4.69, 9.17) is 14.2 Å². The fourth-order valence-electron chi connectivity index (χ4n) is 3.09. The highest BCUT2D eigenvalue weighted by molar-refractivity contribution is 6.00. The van der Waals surface area contributed by atoms with Gasteiger partial charge >= 0.3 is 0 Å². The van der Waals surface area contributed by atoms with Crippen molar-refractivity contribution < 1.29 is 19.0 Å². The van der Waals surface area contributed by atoms with E-state index in [1.165, 1.54) is 0 Å². The Morgan fingerprint density at radius 2 is 2.04 bits per heavy atom. The molecule has 0 aliphatic carbocycles.